The molecule has 0 spiro atoms. The lowest BCUT2D eigenvalue weighted by Crippen LogP contribution is -2.15. The lowest BCUT2D eigenvalue weighted by Gasteiger charge is -2.15. The van der Waals surface area contributed by atoms with Gasteiger partial charge < -0.3 is 5.73 Å². The van der Waals surface area contributed by atoms with Crippen LogP contribution in [0.3, 0.4) is 0 Å². The van der Waals surface area contributed by atoms with E-state index in [0.717, 1.165) is 34.0 Å². The maximum Gasteiger partial charge on any atom is 0.0438 e. The Hall–Kier alpha value is -1.38. The highest BCUT2D eigenvalue weighted by molar-refractivity contribution is 6.31. The quantitative estimate of drug-likeness (QED) is 0.916. The van der Waals surface area contributed by atoms with Crippen molar-refractivity contribution in [1.82, 2.24) is 4.98 Å². The van der Waals surface area contributed by atoms with Gasteiger partial charge in [0.05, 0.1) is 0 Å². The lowest BCUT2D eigenvalue weighted by molar-refractivity contribution is 0.709. The number of aryl methyl sites for hydroxylation is 2. The van der Waals surface area contributed by atoms with Gasteiger partial charge in [0, 0.05) is 22.5 Å². The number of rotatable bonds is 3. The van der Waals surface area contributed by atoms with E-state index in [-0.39, 0.29) is 6.04 Å². The molecular weight excluding hydrogens is 244 g/mol. The van der Waals surface area contributed by atoms with Crippen molar-refractivity contribution in [2.24, 2.45) is 5.73 Å². The van der Waals surface area contributed by atoms with Gasteiger partial charge in [-0.15, -0.1) is 0 Å². The van der Waals surface area contributed by atoms with Gasteiger partial charge in [0.15, 0.2) is 0 Å². The molecule has 3 heteroatoms. The van der Waals surface area contributed by atoms with Crippen molar-refractivity contribution in [2.75, 3.05) is 0 Å². The van der Waals surface area contributed by atoms with Crippen LogP contribution in [0.2, 0.25) is 5.02 Å². The van der Waals surface area contributed by atoms with Crippen molar-refractivity contribution in [1.29, 1.82) is 0 Å². The Kier molecular flexibility index (Phi) is 4.00. The molecule has 0 saturated carbocycles. The van der Waals surface area contributed by atoms with E-state index in [9.17, 15) is 0 Å². The summed E-state index contributed by atoms with van der Waals surface area (Å²) in [5.41, 5.74) is 10.4. The zero-order valence-corrected chi connectivity index (χ0v) is 11.4. The number of nitrogens with two attached hydrogens (primary N) is 1. The van der Waals surface area contributed by atoms with Gasteiger partial charge in [-0.05, 0) is 43.5 Å². The van der Waals surface area contributed by atoms with E-state index < -0.39 is 0 Å². The molecule has 0 aliphatic rings. The fraction of sp³-hybridized carbons (Fsp3) is 0.267. The summed E-state index contributed by atoms with van der Waals surface area (Å²) >= 11 is 6.15. The fourth-order valence-corrected chi connectivity index (χ4v) is 2.31. The largest absolute Gasteiger partial charge is 0.324 e. The second-order valence-electron chi connectivity index (χ2n) is 4.53. The summed E-state index contributed by atoms with van der Waals surface area (Å²) < 4.78 is 0. The zero-order valence-electron chi connectivity index (χ0n) is 10.7. The molecule has 2 nitrogen and oxygen atoms in total. The van der Waals surface area contributed by atoms with Gasteiger partial charge in [-0.3, -0.25) is 4.98 Å². The topological polar surface area (TPSA) is 38.9 Å². The highest BCUT2D eigenvalue weighted by Gasteiger charge is 2.12. The van der Waals surface area contributed by atoms with Crippen LogP contribution in [0, 0.1) is 13.8 Å². The molecule has 1 unspecified atom stereocenters. The molecule has 1 heterocycles. The van der Waals surface area contributed by atoms with E-state index in [0.29, 0.717) is 0 Å². The van der Waals surface area contributed by atoms with Gasteiger partial charge in [0.2, 0.25) is 0 Å². The number of halogens is 1. The summed E-state index contributed by atoms with van der Waals surface area (Å²) in [6.07, 6.45) is 0.727. The fourth-order valence-electron chi connectivity index (χ4n) is 2.10. The van der Waals surface area contributed by atoms with Crippen LogP contribution >= 0.6 is 11.6 Å². The Morgan fingerprint density at radius 3 is 2.56 bits per heavy atom. The third kappa shape index (κ3) is 2.89. The Morgan fingerprint density at radius 1 is 1.17 bits per heavy atom. The number of hydrogen-bond donors (Lipinski definition) is 1. The average Bonchev–Trinajstić information content (AvgIpc) is 2.32. The van der Waals surface area contributed by atoms with E-state index in [1.54, 1.807) is 0 Å². The first kappa shape index (κ1) is 13.1. The Balaban J connectivity index is 2.22. The monoisotopic (exact) mass is 260 g/mol. The molecule has 1 aromatic heterocycles. The minimum atomic E-state index is -0.0713. The van der Waals surface area contributed by atoms with Gasteiger partial charge in [-0.2, -0.15) is 0 Å². The number of pyridine rings is 1. The number of aromatic nitrogens is 1. The van der Waals surface area contributed by atoms with Gasteiger partial charge in [-0.1, -0.05) is 35.9 Å². The second kappa shape index (κ2) is 5.51. The highest BCUT2D eigenvalue weighted by atomic mass is 35.5. The van der Waals surface area contributed by atoms with Gasteiger partial charge in [-0.25, -0.2) is 0 Å². The van der Waals surface area contributed by atoms with E-state index in [1.165, 1.54) is 0 Å². The zero-order chi connectivity index (χ0) is 13.1. The maximum absolute atomic E-state index is 6.25. The average molecular weight is 261 g/mol. The van der Waals surface area contributed by atoms with Crippen LogP contribution < -0.4 is 5.73 Å². The van der Waals surface area contributed by atoms with Crippen molar-refractivity contribution < 1.29 is 0 Å². The molecule has 0 aliphatic carbocycles. The van der Waals surface area contributed by atoms with Gasteiger partial charge >= 0.3 is 0 Å². The molecule has 1 atom stereocenters. The van der Waals surface area contributed by atoms with Crippen LogP contribution in [0.4, 0.5) is 0 Å². The Bertz CT molecular complexity index is 552. The van der Waals surface area contributed by atoms with E-state index in [2.05, 4.69) is 11.1 Å². The number of nitrogens with zero attached hydrogens (tertiary/aromatic N) is 1. The molecular formula is C15H17ClN2. The standard InChI is InChI=1S/C15H17ClN2/c1-10-7-8-13(11(2)18-10)15(17)9-12-5-3-4-6-14(12)16/h3-8,15H,9,17H2,1-2H3. The minimum Gasteiger partial charge on any atom is -0.324 e. The minimum absolute atomic E-state index is 0.0713. The third-order valence-electron chi connectivity index (χ3n) is 3.06. The van der Waals surface area contributed by atoms with Gasteiger partial charge in [0.25, 0.3) is 0 Å². The van der Waals surface area contributed by atoms with E-state index >= 15 is 0 Å². The molecule has 0 amide bonds. The number of benzene rings is 1. The Labute approximate surface area is 113 Å². The van der Waals surface area contributed by atoms with Crippen molar-refractivity contribution in [3.8, 4) is 0 Å². The van der Waals surface area contributed by atoms with Crippen LogP contribution in [0.5, 0.6) is 0 Å². The van der Waals surface area contributed by atoms with Crippen LogP contribution in [0.25, 0.3) is 0 Å². The number of hydrogen-bond acceptors (Lipinski definition) is 2. The summed E-state index contributed by atoms with van der Waals surface area (Å²) in [7, 11) is 0. The first-order chi connectivity index (χ1) is 8.58. The predicted molar refractivity (Wildman–Crippen MR) is 75.8 cm³/mol. The smallest absolute Gasteiger partial charge is 0.0438 e. The van der Waals surface area contributed by atoms with Gasteiger partial charge in [0.1, 0.15) is 0 Å². The third-order valence-corrected chi connectivity index (χ3v) is 3.43. The maximum atomic E-state index is 6.25. The first-order valence-corrected chi connectivity index (χ1v) is 6.39. The van der Waals surface area contributed by atoms with Crippen molar-refractivity contribution in [2.45, 2.75) is 26.3 Å². The molecule has 0 bridgehead atoms. The highest BCUT2D eigenvalue weighted by Crippen LogP contribution is 2.23. The molecule has 94 valence electrons. The van der Waals surface area contributed by atoms with E-state index in [1.807, 2.05) is 44.2 Å². The summed E-state index contributed by atoms with van der Waals surface area (Å²) in [5, 5.41) is 0.769. The van der Waals surface area contributed by atoms with Crippen molar-refractivity contribution in [3.63, 3.8) is 0 Å². The molecule has 0 fully saturated rings. The van der Waals surface area contributed by atoms with E-state index in [4.69, 9.17) is 17.3 Å². The molecule has 18 heavy (non-hydrogen) atoms. The molecule has 0 saturated heterocycles. The SMILES string of the molecule is Cc1ccc(C(N)Cc2ccccc2Cl)c(C)n1. The van der Waals surface area contributed by atoms with Crippen LogP contribution in [0.15, 0.2) is 36.4 Å². The first-order valence-electron chi connectivity index (χ1n) is 6.01. The van der Waals surface area contributed by atoms with Crippen LogP contribution in [-0.2, 0) is 6.42 Å². The molecule has 0 aliphatic heterocycles. The second-order valence-corrected chi connectivity index (χ2v) is 4.94. The van der Waals surface area contributed by atoms with Crippen LogP contribution in [0.1, 0.15) is 28.6 Å². The van der Waals surface area contributed by atoms with Crippen molar-refractivity contribution in [3.05, 3.63) is 63.9 Å². The Morgan fingerprint density at radius 2 is 1.89 bits per heavy atom. The molecule has 0 radical (unpaired) electrons. The normalized spacial score (nSPS) is 12.4. The van der Waals surface area contributed by atoms with Crippen LogP contribution in [-0.4, -0.2) is 4.98 Å². The molecule has 2 aromatic rings. The van der Waals surface area contributed by atoms with Crippen molar-refractivity contribution >= 4 is 11.6 Å². The molecule has 2 rings (SSSR count). The summed E-state index contributed by atoms with van der Waals surface area (Å²) in [5.74, 6) is 0. The summed E-state index contributed by atoms with van der Waals surface area (Å²) in [6.45, 7) is 3.98. The predicted octanol–water partition coefficient (Wildman–Crippen LogP) is 3.59. The lowest BCUT2D eigenvalue weighted by atomic mass is 9.98. The summed E-state index contributed by atoms with van der Waals surface area (Å²) in [4.78, 5) is 4.45. The molecule has 2 N–H and O–H groups in total. The molecule has 1 aromatic carbocycles. The summed E-state index contributed by atoms with van der Waals surface area (Å²) in [6, 6.07) is 11.8.